The molecule has 0 spiro atoms. The van der Waals surface area contributed by atoms with E-state index in [0.717, 1.165) is 24.8 Å². The minimum atomic E-state index is -0.0746. The molecule has 0 fully saturated rings. The summed E-state index contributed by atoms with van der Waals surface area (Å²) in [5, 5.41) is 3.02. The molecule has 0 unspecified atom stereocenters. The fraction of sp³-hybridized carbons (Fsp3) is 0.478. The molecule has 0 radical (unpaired) electrons. The van der Waals surface area contributed by atoms with Gasteiger partial charge in [0.1, 0.15) is 0 Å². The minimum Gasteiger partial charge on any atom is -0.352 e. The lowest BCUT2D eigenvalue weighted by Gasteiger charge is -2.09. The van der Waals surface area contributed by atoms with Gasteiger partial charge in [-0.1, -0.05) is 81.4 Å². The summed E-state index contributed by atoms with van der Waals surface area (Å²) in [6.45, 7) is 0.700. The van der Waals surface area contributed by atoms with Gasteiger partial charge in [-0.2, -0.15) is 0 Å². The van der Waals surface area contributed by atoms with Gasteiger partial charge >= 0.3 is 0 Å². The van der Waals surface area contributed by atoms with E-state index in [1.165, 1.54) is 38.5 Å². The Labute approximate surface area is 157 Å². The van der Waals surface area contributed by atoms with Gasteiger partial charge in [-0.05, 0) is 30.6 Å². The maximum absolute atomic E-state index is 12.6. The van der Waals surface area contributed by atoms with Gasteiger partial charge in [0, 0.05) is 18.5 Å². The Balaban J connectivity index is 2.07. The van der Waals surface area contributed by atoms with E-state index in [1.807, 2.05) is 30.3 Å². The number of carbonyl (C=O) groups is 2. The Kier molecular flexibility index (Phi) is 9.48. The zero-order chi connectivity index (χ0) is 18.5. The molecule has 3 nitrogen and oxygen atoms in total. The maximum Gasteiger partial charge on any atom is 0.251 e. The highest BCUT2D eigenvalue weighted by Crippen LogP contribution is 2.15. The molecule has 0 bridgehead atoms. The largest absolute Gasteiger partial charge is 0.352 e. The van der Waals surface area contributed by atoms with Crippen molar-refractivity contribution in [3.05, 3.63) is 54.1 Å². The fourth-order valence-electron chi connectivity index (χ4n) is 3.21. The van der Waals surface area contributed by atoms with Crippen LogP contribution < -0.4 is 5.32 Å². The number of nitrogens with one attached hydrogen (secondary N) is 1. The van der Waals surface area contributed by atoms with Crippen LogP contribution in [0.15, 0.2) is 48.6 Å². The smallest absolute Gasteiger partial charge is 0.251 e. The van der Waals surface area contributed by atoms with Crippen molar-refractivity contribution in [2.45, 2.75) is 64.2 Å². The van der Waals surface area contributed by atoms with Gasteiger partial charge in [0.25, 0.3) is 5.91 Å². The van der Waals surface area contributed by atoms with E-state index in [2.05, 4.69) is 5.32 Å². The van der Waals surface area contributed by atoms with Crippen molar-refractivity contribution in [1.29, 1.82) is 0 Å². The molecule has 0 saturated heterocycles. The lowest BCUT2D eigenvalue weighted by Crippen LogP contribution is -2.25. The van der Waals surface area contributed by atoms with E-state index < -0.39 is 0 Å². The van der Waals surface area contributed by atoms with Crippen LogP contribution in [-0.4, -0.2) is 18.2 Å². The van der Waals surface area contributed by atoms with Gasteiger partial charge in [0.15, 0.2) is 5.78 Å². The van der Waals surface area contributed by atoms with Crippen LogP contribution in [-0.2, 0) is 9.59 Å². The van der Waals surface area contributed by atoms with Crippen LogP contribution in [0, 0.1) is 0 Å². The fourth-order valence-corrected chi connectivity index (χ4v) is 3.21. The Morgan fingerprint density at radius 2 is 1.35 bits per heavy atom. The second-order valence-electron chi connectivity index (χ2n) is 6.96. The molecule has 1 aliphatic heterocycles. The third-order valence-electron chi connectivity index (χ3n) is 4.76. The minimum absolute atomic E-state index is 0.0746. The first-order valence-electron chi connectivity index (χ1n) is 10.0. The molecule has 1 aliphatic rings. The molecular formula is C23H31NO2. The molecule has 2 rings (SSSR count). The molecule has 1 amide bonds. The van der Waals surface area contributed by atoms with E-state index >= 15 is 0 Å². The molecule has 1 aromatic rings. The van der Waals surface area contributed by atoms with Crippen LogP contribution in [0.1, 0.15) is 69.8 Å². The zero-order valence-corrected chi connectivity index (χ0v) is 15.7. The molecule has 0 saturated carbocycles. The summed E-state index contributed by atoms with van der Waals surface area (Å²) in [4.78, 5) is 24.6. The van der Waals surface area contributed by atoms with Crippen molar-refractivity contribution >= 4 is 17.3 Å². The number of allylic oxidation sites excluding steroid dienone is 3. The van der Waals surface area contributed by atoms with Gasteiger partial charge in [-0.25, -0.2) is 0 Å². The maximum atomic E-state index is 12.6. The molecule has 0 aromatic heterocycles. The Bertz CT molecular complexity index is 616. The lowest BCUT2D eigenvalue weighted by molar-refractivity contribution is -0.116. The molecule has 1 heterocycles. The monoisotopic (exact) mass is 353 g/mol. The second-order valence-corrected chi connectivity index (χ2v) is 6.96. The summed E-state index contributed by atoms with van der Waals surface area (Å²) in [5.41, 5.74) is 1.48. The molecule has 0 aliphatic carbocycles. The molecule has 26 heavy (non-hydrogen) atoms. The number of rotatable bonds is 1. The van der Waals surface area contributed by atoms with Crippen molar-refractivity contribution < 1.29 is 9.59 Å². The van der Waals surface area contributed by atoms with Crippen molar-refractivity contribution in [2.75, 3.05) is 6.54 Å². The summed E-state index contributed by atoms with van der Waals surface area (Å²) in [7, 11) is 0. The van der Waals surface area contributed by atoms with Crippen molar-refractivity contribution in [3.63, 3.8) is 0 Å². The molecule has 0 atom stereocenters. The number of ketones is 1. The van der Waals surface area contributed by atoms with E-state index in [1.54, 1.807) is 18.2 Å². The van der Waals surface area contributed by atoms with Crippen LogP contribution in [0.4, 0.5) is 0 Å². The van der Waals surface area contributed by atoms with Crippen molar-refractivity contribution in [2.24, 2.45) is 0 Å². The molecule has 3 heteroatoms. The van der Waals surface area contributed by atoms with Crippen LogP contribution in [0.2, 0.25) is 0 Å². The van der Waals surface area contributed by atoms with Gasteiger partial charge in [-0.15, -0.1) is 0 Å². The molecule has 1 aromatic carbocycles. The first-order chi connectivity index (χ1) is 12.8. The summed E-state index contributed by atoms with van der Waals surface area (Å²) in [6.07, 6.45) is 16.2. The van der Waals surface area contributed by atoms with Crippen molar-refractivity contribution in [3.8, 4) is 0 Å². The van der Waals surface area contributed by atoms with E-state index in [-0.39, 0.29) is 11.7 Å². The van der Waals surface area contributed by atoms with Crippen LogP contribution in [0.25, 0.3) is 5.57 Å². The number of benzene rings is 1. The Morgan fingerprint density at radius 3 is 2.04 bits per heavy atom. The number of amides is 1. The molecular weight excluding hydrogens is 322 g/mol. The normalized spacial score (nSPS) is 22.4. The van der Waals surface area contributed by atoms with Gasteiger partial charge in [0.2, 0.25) is 0 Å². The first kappa shape index (κ1) is 20.2. The quantitative estimate of drug-likeness (QED) is 0.752. The van der Waals surface area contributed by atoms with Gasteiger partial charge < -0.3 is 5.32 Å². The van der Waals surface area contributed by atoms with Crippen LogP contribution >= 0.6 is 0 Å². The third-order valence-corrected chi connectivity index (χ3v) is 4.76. The van der Waals surface area contributed by atoms with E-state index in [4.69, 9.17) is 0 Å². The van der Waals surface area contributed by atoms with Crippen LogP contribution in [0.3, 0.4) is 0 Å². The third kappa shape index (κ3) is 7.81. The summed E-state index contributed by atoms with van der Waals surface area (Å²) < 4.78 is 0. The zero-order valence-electron chi connectivity index (χ0n) is 15.7. The summed E-state index contributed by atoms with van der Waals surface area (Å²) in [5.74, 6) is 0.0598. The Hall–Kier alpha value is -2.16. The predicted molar refractivity (Wildman–Crippen MR) is 108 cm³/mol. The highest BCUT2D eigenvalue weighted by Gasteiger charge is 2.10. The molecule has 140 valence electrons. The topological polar surface area (TPSA) is 46.2 Å². The van der Waals surface area contributed by atoms with Crippen LogP contribution in [0.5, 0.6) is 0 Å². The van der Waals surface area contributed by atoms with E-state index in [9.17, 15) is 9.59 Å². The number of carbonyl (C=O) groups excluding carboxylic acids is 2. The predicted octanol–water partition coefficient (Wildman–Crippen LogP) is 5.23. The van der Waals surface area contributed by atoms with Crippen molar-refractivity contribution in [1.82, 2.24) is 5.32 Å². The second kappa shape index (κ2) is 12.2. The highest BCUT2D eigenvalue weighted by atomic mass is 16.1. The number of hydrogen-bond acceptors (Lipinski definition) is 2. The standard InChI is InChI=1S/C23H31NO2/c25-21-16-11-6-4-2-1-3-5-7-12-19-24-23(26)22(18-13-17-21)20-14-9-8-10-15-20/h8-10,13-15,17-18H,1-7,11-12,16,19H2,(H,24,26)/b17-13+,22-18-. The lowest BCUT2D eigenvalue weighted by atomic mass is 10.0. The SMILES string of the molecule is O=C1/C=C/C=C(/c2ccccc2)C(=O)NCCCCCCCCCCC1. The summed E-state index contributed by atoms with van der Waals surface area (Å²) >= 11 is 0. The first-order valence-corrected chi connectivity index (χ1v) is 10.0. The number of hydrogen-bond donors (Lipinski definition) is 1. The van der Waals surface area contributed by atoms with Gasteiger partial charge in [0.05, 0.1) is 0 Å². The Morgan fingerprint density at radius 1 is 0.731 bits per heavy atom. The van der Waals surface area contributed by atoms with Gasteiger partial charge in [-0.3, -0.25) is 9.59 Å². The highest BCUT2D eigenvalue weighted by molar-refractivity contribution is 6.19. The molecule has 1 N–H and O–H groups in total. The average Bonchev–Trinajstić information content (AvgIpc) is 2.66. The summed E-state index contributed by atoms with van der Waals surface area (Å²) in [6, 6.07) is 9.62. The van der Waals surface area contributed by atoms with E-state index in [0.29, 0.717) is 18.5 Å². The average molecular weight is 354 g/mol.